The quantitative estimate of drug-likeness (QED) is 0.810. The zero-order valence-corrected chi connectivity index (χ0v) is 14.9. The van der Waals surface area contributed by atoms with Crippen molar-refractivity contribution < 1.29 is 4.79 Å². The average molecular weight is 336 g/mol. The Kier molecular flexibility index (Phi) is 5.52. The number of aromatic nitrogens is 3. The normalized spacial score (nSPS) is 11.5. The molecule has 0 saturated heterocycles. The number of anilines is 1. The average Bonchev–Trinajstić information content (AvgIpc) is 3.02. The zero-order valence-electron chi connectivity index (χ0n) is 13.2. The van der Waals surface area contributed by atoms with Crippen LogP contribution in [0.4, 0.5) is 5.13 Å². The highest BCUT2D eigenvalue weighted by atomic mass is 32.2. The van der Waals surface area contributed by atoms with Crippen LogP contribution >= 0.6 is 23.1 Å². The van der Waals surface area contributed by atoms with E-state index in [-0.39, 0.29) is 5.91 Å². The highest BCUT2D eigenvalue weighted by Crippen LogP contribution is 2.31. The Hall–Kier alpha value is -1.47. The van der Waals surface area contributed by atoms with Crippen molar-refractivity contribution in [3.63, 3.8) is 0 Å². The van der Waals surface area contributed by atoms with Crippen LogP contribution in [-0.2, 0) is 4.79 Å². The third kappa shape index (κ3) is 3.84. The number of hydrogen-bond donors (Lipinski definition) is 0. The number of carbonyl (C=O) groups is 1. The monoisotopic (exact) mass is 336 g/mol. The first-order valence-corrected chi connectivity index (χ1v) is 9.02. The van der Waals surface area contributed by atoms with E-state index < -0.39 is 5.41 Å². The smallest absolute Gasteiger partial charge is 0.235 e. The molecule has 5 nitrogen and oxygen atoms in total. The second-order valence-electron chi connectivity index (χ2n) is 5.52. The van der Waals surface area contributed by atoms with E-state index in [4.69, 9.17) is 0 Å². The molecule has 0 atom stereocenters. The molecule has 0 radical (unpaired) electrons. The number of rotatable bonds is 6. The summed E-state index contributed by atoms with van der Waals surface area (Å²) in [6.07, 6.45) is 3.46. The fourth-order valence-corrected chi connectivity index (χ4v) is 3.55. The van der Waals surface area contributed by atoms with Gasteiger partial charge in [0.15, 0.2) is 5.01 Å². The van der Waals surface area contributed by atoms with E-state index in [9.17, 15) is 4.79 Å². The highest BCUT2D eigenvalue weighted by Gasteiger charge is 2.32. The largest absolute Gasteiger partial charge is 0.289 e. The third-order valence-corrected chi connectivity index (χ3v) is 5.54. The molecule has 0 aliphatic carbocycles. The van der Waals surface area contributed by atoms with Crippen molar-refractivity contribution in [3.05, 3.63) is 24.5 Å². The van der Waals surface area contributed by atoms with Gasteiger partial charge >= 0.3 is 0 Å². The molecule has 118 valence electrons. The summed E-state index contributed by atoms with van der Waals surface area (Å²) in [5, 5.41) is 9.69. The lowest BCUT2D eigenvalue weighted by Crippen LogP contribution is -2.40. The number of amides is 1. The maximum absolute atomic E-state index is 12.7. The lowest BCUT2D eigenvalue weighted by atomic mass is 9.95. The topological polar surface area (TPSA) is 59.0 Å². The minimum atomic E-state index is -0.421. The van der Waals surface area contributed by atoms with Crippen molar-refractivity contribution in [3.8, 4) is 10.6 Å². The predicted octanol–water partition coefficient (Wildman–Crippen LogP) is 3.34. The van der Waals surface area contributed by atoms with E-state index in [0.717, 1.165) is 22.1 Å². The lowest BCUT2D eigenvalue weighted by molar-refractivity contribution is -0.125. The van der Waals surface area contributed by atoms with Gasteiger partial charge in [-0.2, -0.15) is 11.8 Å². The first-order valence-electron chi connectivity index (χ1n) is 7.05. The Balaban J connectivity index is 2.15. The maximum Gasteiger partial charge on any atom is 0.235 e. The fraction of sp³-hybridized carbons (Fsp3) is 0.467. The molecule has 0 bridgehead atoms. The van der Waals surface area contributed by atoms with Crippen LogP contribution in [0.2, 0.25) is 0 Å². The molecule has 2 aromatic heterocycles. The first kappa shape index (κ1) is 16.9. The molecule has 2 rings (SSSR count). The van der Waals surface area contributed by atoms with Crippen molar-refractivity contribution in [2.75, 3.05) is 23.5 Å². The van der Waals surface area contributed by atoms with E-state index in [1.807, 2.05) is 26.0 Å². The minimum absolute atomic E-state index is 0.0577. The van der Waals surface area contributed by atoms with Crippen LogP contribution < -0.4 is 4.90 Å². The Morgan fingerprint density at radius 3 is 2.82 bits per heavy atom. The number of pyridine rings is 1. The summed E-state index contributed by atoms with van der Waals surface area (Å²) in [5.41, 5.74) is 0.489. The molecule has 22 heavy (non-hydrogen) atoms. The van der Waals surface area contributed by atoms with E-state index in [1.165, 1.54) is 11.3 Å². The summed E-state index contributed by atoms with van der Waals surface area (Å²) in [6.45, 7) is 6.04. The van der Waals surface area contributed by atoms with Gasteiger partial charge in [0.05, 0.1) is 5.41 Å². The van der Waals surface area contributed by atoms with Crippen LogP contribution in [-0.4, -0.2) is 39.6 Å². The molecule has 2 heterocycles. The summed E-state index contributed by atoms with van der Waals surface area (Å²) >= 11 is 3.17. The van der Waals surface area contributed by atoms with Crippen molar-refractivity contribution in [2.24, 2.45) is 5.41 Å². The van der Waals surface area contributed by atoms with Gasteiger partial charge in [-0.05, 0) is 17.9 Å². The van der Waals surface area contributed by atoms with Gasteiger partial charge in [0.1, 0.15) is 0 Å². The van der Waals surface area contributed by atoms with E-state index in [0.29, 0.717) is 5.13 Å². The van der Waals surface area contributed by atoms with Gasteiger partial charge in [-0.15, -0.1) is 10.2 Å². The standard InChI is InChI=1S/C15H20N4OS2/c1-5-21-10-15(2,3)13(20)19(4)14-18-17-12(22-14)11-7-6-8-16-9-11/h6-9H,5,10H2,1-4H3. The molecule has 7 heteroatoms. The van der Waals surface area contributed by atoms with Gasteiger partial charge in [-0.25, -0.2) is 0 Å². The highest BCUT2D eigenvalue weighted by molar-refractivity contribution is 7.99. The van der Waals surface area contributed by atoms with Crippen molar-refractivity contribution in [1.29, 1.82) is 0 Å². The predicted molar refractivity (Wildman–Crippen MR) is 93.3 cm³/mol. The maximum atomic E-state index is 12.7. The van der Waals surface area contributed by atoms with Crippen molar-refractivity contribution >= 4 is 34.1 Å². The van der Waals surface area contributed by atoms with Gasteiger partial charge in [-0.3, -0.25) is 14.7 Å². The van der Waals surface area contributed by atoms with E-state index in [2.05, 4.69) is 22.1 Å². The number of carbonyl (C=O) groups excluding carboxylic acids is 1. The van der Waals surface area contributed by atoms with Crippen molar-refractivity contribution in [2.45, 2.75) is 20.8 Å². The lowest BCUT2D eigenvalue weighted by Gasteiger charge is -2.27. The van der Waals surface area contributed by atoms with E-state index >= 15 is 0 Å². The van der Waals surface area contributed by atoms with Gasteiger partial charge < -0.3 is 0 Å². The Morgan fingerprint density at radius 1 is 1.41 bits per heavy atom. The molecule has 0 unspecified atom stereocenters. The van der Waals surface area contributed by atoms with Gasteiger partial charge in [0.2, 0.25) is 11.0 Å². The minimum Gasteiger partial charge on any atom is -0.289 e. The van der Waals surface area contributed by atoms with Gasteiger partial charge in [0.25, 0.3) is 0 Å². The number of hydrogen-bond acceptors (Lipinski definition) is 6. The van der Waals surface area contributed by atoms with Crippen LogP contribution in [0.5, 0.6) is 0 Å². The Morgan fingerprint density at radius 2 is 2.18 bits per heavy atom. The summed E-state index contributed by atoms with van der Waals surface area (Å²) in [7, 11) is 1.76. The Bertz CT molecular complexity index is 627. The Labute approximate surface area is 139 Å². The number of nitrogens with zero attached hydrogens (tertiary/aromatic N) is 4. The van der Waals surface area contributed by atoms with Crippen LogP contribution in [0.1, 0.15) is 20.8 Å². The second-order valence-corrected chi connectivity index (χ2v) is 7.75. The van der Waals surface area contributed by atoms with Gasteiger partial charge in [-0.1, -0.05) is 32.1 Å². The van der Waals surface area contributed by atoms with Crippen LogP contribution in [0.25, 0.3) is 10.6 Å². The van der Waals surface area contributed by atoms with Crippen LogP contribution in [0, 0.1) is 5.41 Å². The molecule has 0 saturated carbocycles. The van der Waals surface area contributed by atoms with Crippen LogP contribution in [0.3, 0.4) is 0 Å². The second kappa shape index (κ2) is 7.19. The molecule has 0 spiro atoms. The molecule has 0 N–H and O–H groups in total. The molecule has 2 aromatic rings. The summed E-state index contributed by atoms with van der Waals surface area (Å²) in [4.78, 5) is 18.3. The van der Waals surface area contributed by atoms with E-state index in [1.54, 1.807) is 36.1 Å². The first-order chi connectivity index (χ1) is 10.5. The summed E-state index contributed by atoms with van der Waals surface area (Å²) in [6, 6.07) is 3.79. The zero-order chi connectivity index (χ0) is 16.2. The van der Waals surface area contributed by atoms with Gasteiger partial charge in [0, 0.05) is 30.8 Å². The van der Waals surface area contributed by atoms with Crippen molar-refractivity contribution in [1.82, 2.24) is 15.2 Å². The molecular weight excluding hydrogens is 316 g/mol. The molecule has 0 fully saturated rings. The third-order valence-electron chi connectivity index (χ3n) is 3.16. The molecule has 0 aliphatic rings. The molecule has 0 aliphatic heterocycles. The summed E-state index contributed by atoms with van der Waals surface area (Å²) < 4.78 is 0. The molecular formula is C15H20N4OS2. The molecule has 0 aromatic carbocycles. The summed E-state index contributed by atoms with van der Waals surface area (Å²) in [5.74, 6) is 1.85. The fourth-order valence-electron chi connectivity index (χ4n) is 1.92. The molecule has 1 amide bonds. The SMILES string of the molecule is CCSCC(C)(C)C(=O)N(C)c1nnc(-c2cccnc2)s1. The number of thioether (sulfide) groups is 1. The van der Waals surface area contributed by atoms with Crippen LogP contribution in [0.15, 0.2) is 24.5 Å².